The third-order valence-corrected chi connectivity index (χ3v) is 6.35. The van der Waals surface area contributed by atoms with Gasteiger partial charge < -0.3 is 4.42 Å². The van der Waals surface area contributed by atoms with Crippen LogP contribution in [0.3, 0.4) is 0 Å². The predicted octanol–water partition coefficient (Wildman–Crippen LogP) is 4.38. The van der Waals surface area contributed by atoms with Crippen molar-refractivity contribution in [2.45, 2.75) is 11.4 Å². The van der Waals surface area contributed by atoms with Crippen LogP contribution < -0.4 is 4.31 Å². The van der Waals surface area contributed by atoms with Gasteiger partial charge in [0.1, 0.15) is 22.0 Å². The average Bonchev–Trinajstić information content (AvgIpc) is 3.37. The zero-order valence-electron chi connectivity index (χ0n) is 13.9. The first-order chi connectivity index (χ1) is 13.1. The monoisotopic (exact) mass is 395 g/mol. The number of nitrogens with zero attached hydrogens (tertiary/aromatic N) is 3. The largest absolute Gasteiger partial charge is 0.467 e. The van der Waals surface area contributed by atoms with Crippen molar-refractivity contribution >= 4 is 38.4 Å². The van der Waals surface area contributed by atoms with Crippen molar-refractivity contribution in [3.05, 3.63) is 72.2 Å². The minimum Gasteiger partial charge on any atom is -0.467 e. The van der Waals surface area contributed by atoms with E-state index in [4.69, 9.17) is 10.8 Å². The van der Waals surface area contributed by atoms with Crippen LogP contribution in [-0.2, 0) is 27.9 Å². The van der Waals surface area contributed by atoms with Gasteiger partial charge in [-0.15, -0.1) is 6.42 Å². The lowest BCUT2D eigenvalue weighted by atomic mass is 10.2. The Morgan fingerprint density at radius 1 is 1.11 bits per heavy atom. The van der Waals surface area contributed by atoms with Crippen LogP contribution in [0.15, 0.2) is 78.9 Å². The Balaban J connectivity index is 1.86. The number of anilines is 1. The predicted molar refractivity (Wildman–Crippen MR) is 104 cm³/mol. The molecule has 0 aliphatic carbocycles. The zero-order valence-corrected chi connectivity index (χ0v) is 15.6. The van der Waals surface area contributed by atoms with Crippen LogP contribution in [-0.4, -0.2) is 8.42 Å². The molecule has 0 amide bonds. The number of benzene rings is 2. The van der Waals surface area contributed by atoms with Gasteiger partial charge in [0.25, 0.3) is 10.0 Å². The van der Waals surface area contributed by atoms with Crippen LogP contribution in [0, 0.1) is 12.3 Å². The Labute approximate surface area is 160 Å². The second-order valence-electron chi connectivity index (χ2n) is 5.67. The Morgan fingerprint density at radius 3 is 2.74 bits per heavy atom. The molecule has 27 heavy (non-hydrogen) atoms. The fraction of sp³-hybridized carbons (Fsp3) is 0.0526. The van der Waals surface area contributed by atoms with Gasteiger partial charge in [0.2, 0.25) is 0 Å². The molecule has 134 valence electrons. The number of hydrogen-bond donors (Lipinski definition) is 0. The summed E-state index contributed by atoms with van der Waals surface area (Å²) in [5.74, 6) is 3.04. The highest BCUT2D eigenvalue weighted by Gasteiger charge is 2.30. The van der Waals surface area contributed by atoms with Crippen molar-refractivity contribution in [2.75, 3.05) is 4.31 Å². The Kier molecular flexibility index (Phi) is 4.39. The number of fused-ring (bicyclic) bond motifs is 1. The lowest BCUT2D eigenvalue weighted by Gasteiger charge is -2.24. The normalized spacial score (nSPS) is 12.3. The van der Waals surface area contributed by atoms with Gasteiger partial charge in [-0.3, -0.25) is 4.31 Å². The molecule has 4 rings (SSSR count). The molecule has 1 aliphatic heterocycles. The van der Waals surface area contributed by atoms with Crippen LogP contribution in [0.1, 0.15) is 11.3 Å². The highest BCUT2D eigenvalue weighted by molar-refractivity contribution is 7.93. The standard InChI is InChI=1S/C19H13N3O3S2/c1-2-14-6-3-7-15(12-14)22(13-16-8-5-11-25-16)27(23,24)18-10-4-9-17-19(18)21-26-20-17/h1,3-12H,13H2. The number of sulfonamides is 1. The average molecular weight is 395 g/mol. The Bertz CT molecular complexity index is 1220. The van der Waals surface area contributed by atoms with Gasteiger partial charge >= 0.3 is 0 Å². The van der Waals surface area contributed by atoms with E-state index in [9.17, 15) is 8.42 Å². The Morgan fingerprint density at radius 2 is 1.96 bits per heavy atom. The highest BCUT2D eigenvalue weighted by atomic mass is 32.2. The second-order valence-corrected chi connectivity index (χ2v) is 8.03. The SMILES string of the molecule is C#Cc1cccc(N(Cc2ccco2)S(=O)(=O)c2cccc3c2N=S=N3)c1. The van der Waals surface area contributed by atoms with Crippen LogP contribution in [0.5, 0.6) is 0 Å². The van der Waals surface area contributed by atoms with Crippen molar-refractivity contribution < 1.29 is 12.8 Å². The molecule has 1 aromatic heterocycles. The molecule has 2 heterocycles. The van der Waals surface area contributed by atoms with Gasteiger partial charge in [0.15, 0.2) is 0 Å². The minimum absolute atomic E-state index is 0.0251. The van der Waals surface area contributed by atoms with E-state index >= 15 is 0 Å². The summed E-state index contributed by atoms with van der Waals surface area (Å²) in [7, 11) is -3.94. The third-order valence-electron chi connectivity index (χ3n) is 4.00. The number of rotatable bonds is 5. The number of hydrogen-bond acceptors (Lipinski definition) is 5. The first-order valence-electron chi connectivity index (χ1n) is 7.93. The fourth-order valence-corrected chi connectivity index (χ4v) is 4.90. The molecule has 2 aromatic carbocycles. The molecule has 0 spiro atoms. The quantitative estimate of drug-likeness (QED) is 0.471. The fourth-order valence-electron chi connectivity index (χ4n) is 2.72. The highest BCUT2D eigenvalue weighted by Crippen LogP contribution is 2.40. The van der Waals surface area contributed by atoms with Crippen LogP contribution in [0.4, 0.5) is 17.1 Å². The summed E-state index contributed by atoms with van der Waals surface area (Å²) < 4.78 is 42.0. The molecule has 0 unspecified atom stereocenters. The molecule has 3 aromatic rings. The lowest BCUT2D eigenvalue weighted by molar-refractivity contribution is 0.508. The molecular weight excluding hydrogens is 382 g/mol. The summed E-state index contributed by atoms with van der Waals surface area (Å²) in [6, 6.07) is 15.2. The van der Waals surface area contributed by atoms with Crippen molar-refractivity contribution in [1.82, 2.24) is 0 Å². The molecule has 1 aliphatic rings. The molecule has 6 nitrogen and oxygen atoms in total. The maximum atomic E-state index is 13.5. The van der Waals surface area contributed by atoms with E-state index in [0.29, 0.717) is 28.4 Å². The lowest BCUT2D eigenvalue weighted by Crippen LogP contribution is -2.30. The van der Waals surface area contributed by atoms with Crippen LogP contribution in [0.2, 0.25) is 0 Å². The van der Waals surface area contributed by atoms with E-state index in [1.165, 1.54) is 16.6 Å². The first kappa shape index (κ1) is 17.3. The van der Waals surface area contributed by atoms with Crippen molar-refractivity contribution in [3.8, 4) is 12.3 Å². The minimum atomic E-state index is -3.94. The molecule has 0 saturated carbocycles. The summed E-state index contributed by atoms with van der Waals surface area (Å²) in [6.45, 7) is 0.0251. The molecule has 0 N–H and O–H groups in total. The van der Waals surface area contributed by atoms with E-state index in [2.05, 4.69) is 14.6 Å². The maximum absolute atomic E-state index is 13.5. The third kappa shape index (κ3) is 3.18. The van der Waals surface area contributed by atoms with Gasteiger partial charge in [-0.05, 0) is 42.5 Å². The summed E-state index contributed by atoms with van der Waals surface area (Å²) in [5, 5.41) is 0. The van der Waals surface area contributed by atoms with Crippen molar-refractivity contribution in [2.24, 2.45) is 8.73 Å². The summed E-state index contributed by atoms with van der Waals surface area (Å²) >= 11 is 0.974. The summed E-state index contributed by atoms with van der Waals surface area (Å²) in [4.78, 5) is 0.0893. The van der Waals surface area contributed by atoms with Gasteiger partial charge in [-0.2, -0.15) is 8.73 Å². The summed E-state index contributed by atoms with van der Waals surface area (Å²) in [6.07, 6.45) is 6.99. The van der Waals surface area contributed by atoms with E-state index in [1.54, 1.807) is 48.5 Å². The van der Waals surface area contributed by atoms with Crippen LogP contribution >= 0.6 is 0 Å². The van der Waals surface area contributed by atoms with Gasteiger partial charge in [0, 0.05) is 5.56 Å². The summed E-state index contributed by atoms with van der Waals surface area (Å²) in [5.41, 5.74) is 1.92. The molecule has 0 bridgehead atoms. The first-order valence-corrected chi connectivity index (χ1v) is 10.1. The van der Waals surface area contributed by atoms with E-state index in [1.807, 2.05) is 0 Å². The van der Waals surface area contributed by atoms with E-state index in [-0.39, 0.29) is 11.4 Å². The molecule has 0 atom stereocenters. The topological polar surface area (TPSA) is 75.2 Å². The molecule has 0 radical (unpaired) electrons. The number of terminal acetylenes is 1. The van der Waals surface area contributed by atoms with E-state index in [0.717, 1.165) is 11.4 Å². The van der Waals surface area contributed by atoms with E-state index < -0.39 is 10.0 Å². The zero-order chi connectivity index (χ0) is 18.9. The smallest absolute Gasteiger partial charge is 0.267 e. The van der Waals surface area contributed by atoms with Gasteiger partial charge in [-0.25, -0.2) is 8.42 Å². The molecule has 8 heteroatoms. The molecular formula is C19H13N3O3S2. The van der Waals surface area contributed by atoms with Crippen molar-refractivity contribution in [3.63, 3.8) is 0 Å². The van der Waals surface area contributed by atoms with Gasteiger partial charge in [-0.1, -0.05) is 18.1 Å². The molecule has 0 fully saturated rings. The maximum Gasteiger partial charge on any atom is 0.267 e. The van der Waals surface area contributed by atoms with Crippen LogP contribution in [0.25, 0.3) is 0 Å². The second kappa shape index (κ2) is 6.87. The molecule has 0 saturated heterocycles. The van der Waals surface area contributed by atoms with Crippen molar-refractivity contribution in [1.29, 1.82) is 0 Å². The van der Waals surface area contributed by atoms with Gasteiger partial charge in [0.05, 0.1) is 29.8 Å². The number of furan rings is 1. The Hall–Kier alpha value is -3.15.